The number of methoxy groups -OCH3 is 1. The summed E-state index contributed by atoms with van der Waals surface area (Å²) in [6, 6.07) is 0. The average molecular weight is 251 g/mol. The molecule has 7 nitrogen and oxygen atoms in total. The highest BCUT2D eigenvalue weighted by Crippen LogP contribution is 2.03. The Labute approximate surface area is 105 Å². The molecular formula is C11H17N5O2. The molecular weight excluding hydrogens is 234 g/mol. The van der Waals surface area contributed by atoms with Crippen LogP contribution in [-0.4, -0.2) is 40.0 Å². The largest absolute Gasteiger partial charge is 0.424 e. The van der Waals surface area contributed by atoms with Crippen LogP contribution in [0.15, 0.2) is 16.9 Å². The zero-order valence-electron chi connectivity index (χ0n) is 10.6. The number of aromatic nitrogens is 4. The highest BCUT2D eigenvalue weighted by molar-refractivity contribution is 4.97. The second-order valence-corrected chi connectivity index (χ2v) is 3.92. The fourth-order valence-corrected chi connectivity index (χ4v) is 1.53. The highest BCUT2D eigenvalue weighted by atomic mass is 16.5. The Bertz CT molecular complexity index is 479. The first-order valence-corrected chi connectivity index (χ1v) is 5.77. The predicted octanol–water partition coefficient (Wildman–Crippen LogP) is 0.359. The van der Waals surface area contributed by atoms with Gasteiger partial charge in [0.05, 0.1) is 18.6 Å². The van der Waals surface area contributed by atoms with Crippen molar-refractivity contribution in [1.29, 1.82) is 0 Å². The molecule has 2 aromatic rings. The van der Waals surface area contributed by atoms with E-state index in [1.807, 2.05) is 10.8 Å². The molecule has 0 fully saturated rings. The lowest BCUT2D eigenvalue weighted by atomic mass is 10.4. The maximum absolute atomic E-state index is 5.31. The molecule has 0 aromatic carbocycles. The Kier molecular flexibility index (Phi) is 4.43. The number of rotatable bonds is 7. The van der Waals surface area contributed by atoms with Gasteiger partial charge in [-0.2, -0.15) is 0 Å². The van der Waals surface area contributed by atoms with E-state index in [0.29, 0.717) is 24.9 Å². The van der Waals surface area contributed by atoms with Gasteiger partial charge >= 0.3 is 0 Å². The summed E-state index contributed by atoms with van der Waals surface area (Å²) in [6.07, 6.45) is 3.71. The molecule has 98 valence electrons. The van der Waals surface area contributed by atoms with Gasteiger partial charge in [-0.05, 0) is 0 Å². The van der Waals surface area contributed by atoms with E-state index in [9.17, 15) is 0 Å². The lowest BCUT2D eigenvalue weighted by Gasteiger charge is -2.00. The average Bonchev–Trinajstić information content (AvgIpc) is 2.95. The smallest absolute Gasteiger partial charge is 0.236 e. The molecule has 7 heteroatoms. The molecule has 2 heterocycles. The molecule has 2 aromatic heterocycles. The number of imidazole rings is 1. The summed E-state index contributed by atoms with van der Waals surface area (Å²) >= 11 is 0. The molecule has 0 saturated heterocycles. The minimum absolute atomic E-state index is 0.548. The van der Waals surface area contributed by atoms with E-state index >= 15 is 0 Å². The number of hydrogen-bond acceptors (Lipinski definition) is 6. The van der Waals surface area contributed by atoms with Crippen molar-refractivity contribution in [1.82, 2.24) is 25.1 Å². The van der Waals surface area contributed by atoms with E-state index in [-0.39, 0.29) is 0 Å². The van der Waals surface area contributed by atoms with Gasteiger partial charge in [0.15, 0.2) is 0 Å². The van der Waals surface area contributed by atoms with E-state index in [0.717, 1.165) is 18.8 Å². The van der Waals surface area contributed by atoms with Crippen LogP contribution in [0.2, 0.25) is 0 Å². The van der Waals surface area contributed by atoms with Gasteiger partial charge in [-0.25, -0.2) is 4.98 Å². The molecule has 0 atom stereocenters. The Balaban J connectivity index is 1.82. The minimum Gasteiger partial charge on any atom is -0.424 e. The maximum Gasteiger partial charge on any atom is 0.236 e. The lowest BCUT2D eigenvalue weighted by Crippen LogP contribution is -2.18. The van der Waals surface area contributed by atoms with Gasteiger partial charge in [0.25, 0.3) is 0 Å². The van der Waals surface area contributed by atoms with Crippen molar-refractivity contribution in [3.05, 3.63) is 30.0 Å². The maximum atomic E-state index is 5.31. The number of nitrogens with one attached hydrogen (secondary N) is 1. The van der Waals surface area contributed by atoms with Crippen LogP contribution in [-0.2, 0) is 17.8 Å². The van der Waals surface area contributed by atoms with E-state index in [1.54, 1.807) is 20.4 Å². The molecule has 1 N–H and O–H groups in total. The van der Waals surface area contributed by atoms with E-state index < -0.39 is 0 Å². The topological polar surface area (TPSA) is 78.0 Å². The van der Waals surface area contributed by atoms with Gasteiger partial charge < -0.3 is 19.0 Å². The Morgan fingerprint density at radius 1 is 1.44 bits per heavy atom. The standard InChI is InChI=1S/C11H17N5O2/c1-9-14-15-11(18-9)7-16-6-10(13-8-16)5-12-3-4-17-2/h6,8,12H,3-5,7H2,1-2H3. The highest BCUT2D eigenvalue weighted by Gasteiger charge is 2.04. The molecule has 0 amide bonds. The Morgan fingerprint density at radius 3 is 3.06 bits per heavy atom. The van der Waals surface area contributed by atoms with Crippen molar-refractivity contribution in [3.8, 4) is 0 Å². The normalized spacial score (nSPS) is 11.0. The minimum atomic E-state index is 0.548. The van der Waals surface area contributed by atoms with Gasteiger partial charge in [-0.1, -0.05) is 0 Å². The molecule has 18 heavy (non-hydrogen) atoms. The second-order valence-electron chi connectivity index (χ2n) is 3.92. The molecule has 0 aliphatic carbocycles. The SMILES string of the molecule is COCCNCc1cn(Cc2nnc(C)o2)cn1. The third-order valence-corrected chi connectivity index (χ3v) is 2.36. The Hall–Kier alpha value is -1.73. The van der Waals surface area contributed by atoms with Crippen molar-refractivity contribution in [2.24, 2.45) is 0 Å². The van der Waals surface area contributed by atoms with Crippen molar-refractivity contribution < 1.29 is 9.15 Å². The van der Waals surface area contributed by atoms with E-state index in [2.05, 4.69) is 20.5 Å². The number of aryl methyl sites for hydroxylation is 1. The quantitative estimate of drug-likeness (QED) is 0.716. The molecule has 0 saturated carbocycles. The van der Waals surface area contributed by atoms with Crippen molar-refractivity contribution in [2.75, 3.05) is 20.3 Å². The first-order valence-electron chi connectivity index (χ1n) is 5.77. The first kappa shape index (κ1) is 12.7. The molecule has 0 spiro atoms. The van der Waals surface area contributed by atoms with Crippen molar-refractivity contribution in [3.63, 3.8) is 0 Å². The van der Waals surface area contributed by atoms with Crippen LogP contribution in [0.4, 0.5) is 0 Å². The molecule has 0 aliphatic heterocycles. The summed E-state index contributed by atoms with van der Waals surface area (Å²) in [6.45, 7) is 4.55. The lowest BCUT2D eigenvalue weighted by molar-refractivity contribution is 0.199. The van der Waals surface area contributed by atoms with Crippen LogP contribution in [0.5, 0.6) is 0 Å². The van der Waals surface area contributed by atoms with Crippen LogP contribution in [0, 0.1) is 6.92 Å². The molecule has 0 radical (unpaired) electrons. The summed E-state index contributed by atoms with van der Waals surface area (Å²) < 4.78 is 12.2. The molecule has 0 aliphatic rings. The molecule has 0 bridgehead atoms. The van der Waals surface area contributed by atoms with Crippen LogP contribution in [0.3, 0.4) is 0 Å². The van der Waals surface area contributed by atoms with Gasteiger partial charge in [-0.3, -0.25) is 0 Å². The number of nitrogens with zero attached hydrogens (tertiary/aromatic N) is 4. The van der Waals surface area contributed by atoms with Crippen LogP contribution in [0.1, 0.15) is 17.5 Å². The van der Waals surface area contributed by atoms with E-state index in [4.69, 9.17) is 9.15 Å². The Morgan fingerprint density at radius 2 is 2.33 bits per heavy atom. The van der Waals surface area contributed by atoms with Gasteiger partial charge in [0.2, 0.25) is 11.8 Å². The van der Waals surface area contributed by atoms with Crippen LogP contribution >= 0.6 is 0 Å². The second kappa shape index (κ2) is 6.27. The fourth-order valence-electron chi connectivity index (χ4n) is 1.53. The third-order valence-electron chi connectivity index (χ3n) is 2.36. The zero-order valence-corrected chi connectivity index (χ0v) is 10.6. The predicted molar refractivity (Wildman–Crippen MR) is 63.9 cm³/mol. The summed E-state index contributed by atoms with van der Waals surface area (Å²) in [5, 5.41) is 11.0. The summed E-state index contributed by atoms with van der Waals surface area (Å²) in [5.74, 6) is 1.16. The zero-order chi connectivity index (χ0) is 12.8. The summed E-state index contributed by atoms with van der Waals surface area (Å²) in [4.78, 5) is 4.29. The van der Waals surface area contributed by atoms with Gasteiger partial charge in [-0.15, -0.1) is 10.2 Å². The van der Waals surface area contributed by atoms with Crippen LogP contribution < -0.4 is 5.32 Å². The third kappa shape index (κ3) is 3.64. The fraction of sp³-hybridized carbons (Fsp3) is 0.545. The summed E-state index contributed by atoms with van der Waals surface area (Å²) in [7, 11) is 1.68. The van der Waals surface area contributed by atoms with E-state index in [1.165, 1.54) is 0 Å². The van der Waals surface area contributed by atoms with Gasteiger partial charge in [0.1, 0.15) is 6.54 Å². The summed E-state index contributed by atoms with van der Waals surface area (Å²) in [5.41, 5.74) is 0.974. The monoisotopic (exact) mass is 251 g/mol. The number of ether oxygens (including phenoxy) is 1. The first-order chi connectivity index (χ1) is 8.78. The van der Waals surface area contributed by atoms with Crippen LogP contribution in [0.25, 0.3) is 0 Å². The van der Waals surface area contributed by atoms with Crippen molar-refractivity contribution in [2.45, 2.75) is 20.0 Å². The molecule has 2 rings (SSSR count). The van der Waals surface area contributed by atoms with Gasteiger partial charge in [0, 0.05) is 33.3 Å². The molecule has 0 unspecified atom stereocenters. The van der Waals surface area contributed by atoms with Crippen molar-refractivity contribution >= 4 is 0 Å². The number of hydrogen-bond donors (Lipinski definition) is 1.